The van der Waals surface area contributed by atoms with E-state index in [0.717, 1.165) is 21.4 Å². The van der Waals surface area contributed by atoms with Crippen molar-refractivity contribution in [3.63, 3.8) is 0 Å². The van der Waals surface area contributed by atoms with E-state index < -0.39 is 0 Å². The number of hydrogen-bond donors (Lipinski definition) is 0. The molecule has 1 aromatic heterocycles. The molecule has 1 saturated heterocycles. The Bertz CT molecular complexity index is 991. The first-order valence-electron chi connectivity index (χ1n) is 9.18. The number of nitrogens with zero attached hydrogens (tertiary/aromatic N) is 3. The predicted molar refractivity (Wildman–Crippen MR) is 108 cm³/mol. The lowest BCUT2D eigenvalue weighted by Crippen LogP contribution is -2.44. The number of halogens is 1. The van der Waals surface area contributed by atoms with Gasteiger partial charge in [0.05, 0.1) is 18.5 Å². The second kappa shape index (κ2) is 8.24. The van der Waals surface area contributed by atoms with Gasteiger partial charge in [-0.25, -0.2) is 4.39 Å². The minimum atomic E-state index is -0.288. The smallest absolute Gasteiger partial charge is 0.235 e. The maximum atomic E-state index is 13.3. The van der Waals surface area contributed by atoms with Gasteiger partial charge < -0.3 is 9.64 Å². The summed E-state index contributed by atoms with van der Waals surface area (Å²) in [6.07, 6.45) is 0. The third kappa shape index (κ3) is 3.86. The zero-order chi connectivity index (χ0) is 19.5. The molecule has 144 valence electrons. The summed E-state index contributed by atoms with van der Waals surface area (Å²) in [5.41, 5.74) is 1.51. The van der Waals surface area contributed by atoms with Gasteiger partial charge in [-0.1, -0.05) is 36.0 Å². The Hall–Kier alpha value is -2.51. The standard InChI is InChI=1S/C21H20FN3O2S/c1-14(21(26)25-10-12-27-13-11-25)28-20-18-5-3-2-4-17(18)19(23-24-20)15-6-8-16(22)9-7-15/h2-9,14H,10-13H2,1H3. The fraction of sp³-hybridized carbons (Fsp3) is 0.286. The highest BCUT2D eigenvalue weighted by molar-refractivity contribution is 8.00. The van der Waals surface area contributed by atoms with Crippen molar-refractivity contribution in [2.45, 2.75) is 17.2 Å². The summed E-state index contributed by atoms with van der Waals surface area (Å²) in [4.78, 5) is 14.6. The molecule has 0 aliphatic carbocycles. The van der Waals surface area contributed by atoms with Gasteiger partial charge in [-0.15, -0.1) is 10.2 Å². The summed E-state index contributed by atoms with van der Waals surface area (Å²) in [5.74, 6) is -0.203. The first-order chi connectivity index (χ1) is 13.6. The van der Waals surface area contributed by atoms with Gasteiger partial charge in [0.25, 0.3) is 0 Å². The van der Waals surface area contributed by atoms with Gasteiger partial charge in [0.2, 0.25) is 5.91 Å². The van der Waals surface area contributed by atoms with Crippen LogP contribution < -0.4 is 0 Å². The van der Waals surface area contributed by atoms with Gasteiger partial charge in [-0.2, -0.15) is 0 Å². The molecule has 1 aliphatic heterocycles. The van der Waals surface area contributed by atoms with E-state index >= 15 is 0 Å². The Labute approximate surface area is 166 Å². The number of aromatic nitrogens is 2. The molecule has 1 atom stereocenters. The Morgan fingerprint density at radius 2 is 1.75 bits per heavy atom. The van der Waals surface area contributed by atoms with Crippen molar-refractivity contribution in [1.29, 1.82) is 0 Å². The lowest BCUT2D eigenvalue weighted by molar-refractivity contribution is -0.134. The molecule has 0 radical (unpaired) electrons. The van der Waals surface area contributed by atoms with E-state index in [1.807, 2.05) is 36.1 Å². The van der Waals surface area contributed by atoms with Crippen LogP contribution in [0.3, 0.4) is 0 Å². The lowest BCUT2D eigenvalue weighted by Gasteiger charge is -2.29. The van der Waals surface area contributed by atoms with Crippen molar-refractivity contribution in [1.82, 2.24) is 15.1 Å². The molecule has 0 N–H and O–H groups in total. The highest BCUT2D eigenvalue weighted by atomic mass is 32.2. The van der Waals surface area contributed by atoms with E-state index in [1.165, 1.54) is 23.9 Å². The number of ether oxygens (including phenoxy) is 1. The normalized spacial score (nSPS) is 15.6. The zero-order valence-corrected chi connectivity index (χ0v) is 16.3. The molecule has 0 saturated carbocycles. The van der Waals surface area contributed by atoms with Crippen molar-refractivity contribution in [3.8, 4) is 11.3 Å². The van der Waals surface area contributed by atoms with Crippen molar-refractivity contribution >= 4 is 28.4 Å². The van der Waals surface area contributed by atoms with Crippen LogP contribution in [0.15, 0.2) is 53.6 Å². The number of morpholine rings is 1. The number of fused-ring (bicyclic) bond motifs is 1. The Morgan fingerprint density at radius 1 is 1.07 bits per heavy atom. The summed E-state index contributed by atoms with van der Waals surface area (Å²) < 4.78 is 18.6. The largest absolute Gasteiger partial charge is 0.378 e. The molecule has 1 amide bonds. The Kier molecular flexibility index (Phi) is 5.54. The van der Waals surface area contributed by atoms with Gasteiger partial charge in [0.1, 0.15) is 16.5 Å². The summed E-state index contributed by atoms with van der Waals surface area (Å²) in [6, 6.07) is 14.1. The maximum absolute atomic E-state index is 13.3. The molecule has 1 aliphatic rings. The van der Waals surface area contributed by atoms with E-state index in [2.05, 4.69) is 10.2 Å². The van der Waals surface area contributed by atoms with Crippen molar-refractivity contribution in [3.05, 3.63) is 54.3 Å². The number of amides is 1. The first-order valence-corrected chi connectivity index (χ1v) is 10.1. The fourth-order valence-electron chi connectivity index (χ4n) is 3.25. The van der Waals surface area contributed by atoms with Gasteiger partial charge in [0.15, 0.2) is 0 Å². The molecule has 7 heteroatoms. The van der Waals surface area contributed by atoms with Crippen molar-refractivity contribution in [2.24, 2.45) is 0 Å². The topological polar surface area (TPSA) is 55.3 Å². The average molecular weight is 397 g/mol. The first kappa shape index (κ1) is 18.8. The third-order valence-electron chi connectivity index (χ3n) is 4.73. The minimum absolute atomic E-state index is 0.0850. The van der Waals surface area contributed by atoms with Crippen LogP contribution in [-0.4, -0.2) is 52.6 Å². The van der Waals surface area contributed by atoms with Crippen LogP contribution in [-0.2, 0) is 9.53 Å². The van der Waals surface area contributed by atoms with Crippen LogP contribution in [0.2, 0.25) is 0 Å². The van der Waals surface area contributed by atoms with Crippen molar-refractivity contribution in [2.75, 3.05) is 26.3 Å². The number of hydrogen-bond acceptors (Lipinski definition) is 5. The highest BCUT2D eigenvalue weighted by Crippen LogP contribution is 2.33. The fourth-order valence-corrected chi connectivity index (χ4v) is 4.22. The average Bonchev–Trinajstić information content (AvgIpc) is 2.75. The summed E-state index contributed by atoms with van der Waals surface area (Å²) in [5, 5.41) is 11.1. The molecule has 3 aromatic rings. The predicted octanol–water partition coefficient (Wildman–Crippen LogP) is 3.78. The number of carbonyl (C=O) groups is 1. The molecular weight excluding hydrogens is 377 g/mol. The quantitative estimate of drug-likeness (QED) is 0.627. The summed E-state index contributed by atoms with van der Waals surface area (Å²) >= 11 is 1.42. The summed E-state index contributed by atoms with van der Waals surface area (Å²) in [7, 11) is 0. The van der Waals surface area contributed by atoms with Gasteiger partial charge >= 0.3 is 0 Å². The summed E-state index contributed by atoms with van der Waals surface area (Å²) in [6.45, 7) is 4.31. The highest BCUT2D eigenvalue weighted by Gasteiger charge is 2.24. The lowest BCUT2D eigenvalue weighted by atomic mass is 10.1. The zero-order valence-electron chi connectivity index (χ0n) is 15.5. The van der Waals surface area contributed by atoms with Crippen LogP contribution in [0.5, 0.6) is 0 Å². The molecule has 28 heavy (non-hydrogen) atoms. The van der Waals surface area contributed by atoms with Crippen LogP contribution in [0.25, 0.3) is 22.0 Å². The van der Waals surface area contributed by atoms with E-state index in [1.54, 1.807) is 12.1 Å². The molecule has 2 aromatic carbocycles. The molecule has 4 rings (SSSR count). The number of thioether (sulfide) groups is 1. The minimum Gasteiger partial charge on any atom is -0.378 e. The molecule has 1 unspecified atom stereocenters. The molecular formula is C21H20FN3O2S. The van der Waals surface area contributed by atoms with Gasteiger partial charge in [-0.05, 0) is 31.2 Å². The van der Waals surface area contributed by atoms with Gasteiger partial charge in [0, 0.05) is 29.4 Å². The Morgan fingerprint density at radius 3 is 2.46 bits per heavy atom. The van der Waals surface area contributed by atoms with Gasteiger partial charge in [-0.3, -0.25) is 4.79 Å². The molecule has 1 fully saturated rings. The second-order valence-electron chi connectivity index (χ2n) is 6.60. The molecule has 0 spiro atoms. The van der Waals surface area contributed by atoms with E-state index in [-0.39, 0.29) is 17.0 Å². The van der Waals surface area contributed by atoms with E-state index in [4.69, 9.17) is 4.74 Å². The second-order valence-corrected chi connectivity index (χ2v) is 7.93. The monoisotopic (exact) mass is 397 g/mol. The molecule has 2 heterocycles. The number of carbonyl (C=O) groups excluding carboxylic acids is 1. The van der Waals surface area contributed by atoms with Crippen LogP contribution in [0.4, 0.5) is 4.39 Å². The SMILES string of the molecule is CC(Sc1nnc(-c2ccc(F)cc2)c2ccccc12)C(=O)N1CCOCC1. The molecule has 5 nitrogen and oxygen atoms in total. The number of benzene rings is 2. The number of rotatable bonds is 4. The van der Waals surface area contributed by atoms with E-state index in [9.17, 15) is 9.18 Å². The van der Waals surface area contributed by atoms with Crippen LogP contribution in [0.1, 0.15) is 6.92 Å². The van der Waals surface area contributed by atoms with E-state index in [0.29, 0.717) is 32.0 Å². The van der Waals surface area contributed by atoms with Crippen LogP contribution >= 0.6 is 11.8 Å². The van der Waals surface area contributed by atoms with Crippen LogP contribution in [0, 0.1) is 5.82 Å². The Balaban J connectivity index is 1.64. The third-order valence-corrected chi connectivity index (χ3v) is 5.81. The molecule has 0 bridgehead atoms. The van der Waals surface area contributed by atoms with Crippen molar-refractivity contribution < 1.29 is 13.9 Å². The maximum Gasteiger partial charge on any atom is 0.235 e.